The number of benzene rings is 1. The lowest BCUT2D eigenvalue weighted by Gasteiger charge is -2.27. The van der Waals surface area contributed by atoms with Crippen LogP contribution in [0.4, 0.5) is 5.69 Å². The van der Waals surface area contributed by atoms with Gasteiger partial charge in [0.25, 0.3) is 0 Å². The minimum Gasteiger partial charge on any atom is -0.371 e. The van der Waals surface area contributed by atoms with Crippen LogP contribution < -0.4 is 10.2 Å². The van der Waals surface area contributed by atoms with Crippen molar-refractivity contribution in [3.8, 4) is 0 Å². The standard InChI is InChI=1S/C16H25BrN2S/c1-16(2,3)18-10-12-5-6-13(9-15(12)17)19(4)14-7-8-20-11-14/h5-6,9,14,18H,7-8,10-11H2,1-4H3. The molecule has 2 nitrogen and oxygen atoms in total. The second kappa shape index (κ2) is 6.71. The van der Waals surface area contributed by atoms with E-state index < -0.39 is 0 Å². The highest BCUT2D eigenvalue weighted by atomic mass is 79.9. The van der Waals surface area contributed by atoms with E-state index in [9.17, 15) is 0 Å². The van der Waals surface area contributed by atoms with Gasteiger partial charge in [-0.15, -0.1) is 0 Å². The zero-order valence-corrected chi connectivity index (χ0v) is 15.3. The smallest absolute Gasteiger partial charge is 0.0385 e. The predicted octanol–water partition coefficient (Wildman–Crippen LogP) is 4.28. The van der Waals surface area contributed by atoms with Gasteiger partial charge in [0.2, 0.25) is 0 Å². The van der Waals surface area contributed by atoms with E-state index in [1.54, 1.807) is 0 Å². The maximum atomic E-state index is 3.72. The van der Waals surface area contributed by atoms with Crippen molar-refractivity contribution in [2.75, 3.05) is 23.5 Å². The minimum atomic E-state index is 0.149. The van der Waals surface area contributed by atoms with Gasteiger partial charge in [-0.25, -0.2) is 0 Å². The Morgan fingerprint density at radius 2 is 2.15 bits per heavy atom. The Labute approximate surface area is 135 Å². The van der Waals surface area contributed by atoms with Crippen molar-refractivity contribution < 1.29 is 0 Å². The molecule has 1 atom stereocenters. The van der Waals surface area contributed by atoms with Gasteiger partial charge in [0, 0.05) is 41.1 Å². The lowest BCUT2D eigenvalue weighted by Crippen LogP contribution is -2.35. The topological polar surface area (TPSA) is 15.3 Å². The third-order valence-electron chi connectivity index (χ3n) is 3.71. The lowest BCUT2D eigenvalue weighted by molar-refractivity contribution is 0.424. The Morgan fingerprint density at radius 1 is 1.40 bits per heavy atom. The molecular weight excluding hydrogens is 332 g/mol. The molecule has 1 N–H and O–H groups in total. The van der Waals surface area contributed by atoms with Gasteiger partial charge in [0.15, 0.2) is 0 Å². The van der Waals surface area contributed by atoms with E-state index in [1.807, 2.05) is 0 Å². The highest BCUT2D eigenvalue weighted by Gasteiger charge is 2.20. The minimum absolute atomic E-state index is 0.149. The lowest BCUT2D eigenvalue weighted by atomic mass is 10.1. The van der Waals surface area contributed by atoms with Gasteiger partial charge in [-0.05, 0) is 50.6 Å². The number of anilines is 1. The van der Waals surface area contributed by atoms with Crippen LogP contribution in [0, 0.1) is 0 Å². The summed E-state index contributed by atoms with van der Waals surface area (Å²) < 4.78 is 1.20. The fourth-order valence-electron chi connectivity index (χ4n) is 2.30. The quantitative estimate of drug-likeness (QED) is 0.866. The normalized spacial score (nSPS) is 19.4. The summed E-state index contributed by atoms with van der Waals surface area (Å²) in [5, 5.41) is 3.54. The monoisotopic (exact) mass is 356 g/mol. The molecule has 2 rings (SSSR count). The molecule has 1 saturated heterocycles. The molecule has 1 aromatic rings. The number of nitrogens with one attached hydrogen (secondary N) is 1. The third-order valence-corrected chi connectivity index (χ3v) is 5.59. The Balaban J connectivity index is 2.05. The van der Waals surface area contributed by atoms with E-state index in [0.717, 1.165) is 6.54 Å². The summed E-state index contributed by atoms with van der Waals surface area (Å²) in [4.78, 5) is 2.42. The van der Waals surface area contributed by atoms with Crippen molar-refractivity contribution in [1.29, 1.82) is 0 Å². The number of hydrogen-bond donors (Lipinski definition) is 1. The van der Waals surface area contributed by atoms with Gasteiger partial charge >= 0.3 is 0 Å². The Bertz CT molecular complexity index is 450. The first-order valence-electron chi connectivity index (χ1n) is 7.21. The van der Waals surface area contributed by atoms with E-state index >= 15 is 0 Å². The van der Waals surface area contributed by atoms with E-state index in [-0.39, 0.29) is 5.54 Å². The molecule has 0 bridgehead atoms. The molecule has 1 aromatic carbocycles. The van der Waals surface area contributed by atoms with Crippen molar-refractivity contribution in [2.45, 2.75) is 45.3 Å². The molecule has 0 radical (unpaired) electrons. The molecule has 1 heterocycles. The maximum Gasteiger partial charge on any atom is 0.0385 e. The molecule has 0 amide bonds. The molecule has 112 valence electrons. The molecule has 1 unspecified atom stereocenters. The first-order chi connectivity index (χ1) is 9.37. The van der Waals surface area contributed by atoms with Crippen LogP contribution in [0.2, 0.25) is 0 Å². The van der Waals surface area contributed by atoms with Gasteiger partial charge in [0.05, 0.1) is 0 Å². The van der Waals surface area contributed by atoms with Crippen LogP contribution in [-0.2, 0) is 6.54 Å². The molecule has 20 heavy (non-hydrogen) atoms. The average Bonchev–Trinajstić information content (AvgIpc) is 2.89. The second-order valence-electron chi connectivity index (χ2n) is 6.51. The van der Waals surface area contributed by atoms with Crippen LogP contribution in [-0.4, -0.2) is 30.1 Å². The zero-order chi connectivity index (χ0) is 14.8. The van der Waals surface area contributed by atoms with Crippen LogP contribution in [0.15, 0.2) is 22.7 Å². The predicted molar refractivity (Wildman–Crippen MR) is 94.9 cm³/mol. The van der Waals surface area contributed by atoms with Crippen LogP contribution >= 0.6 is 27.7 Å². The van der Waals surface area contributed by atoms with Gasteiger partial charge in [-0.1, -0.05) is 22.0 Å². The van der Waals surface area contributed by atoms with Crippen LogP contribution in [0.5, 0.6) is 0 Å². The Kier molecular flexibility index (Phi) is 5.43. The van der Waals surface area contributed by atoms with E-state index in [2.05, 4.69) is 83.9 Å². The summed E-state index contributed by atoms with van der Waals surface area (Å²) in [7, 11) is 2.21. The van der Waals surface area contributed by atoms with E-state index in [1.165, 1.54) is 33.7 Å². The second-order valence-corrected chi connectivity index (χ2v) is 8.51. The van der Waals surface area contributed by atoms with Gasteiger partial charge < -0.3 is 10.2 Å². The van der Waals surface area contributed by atoms with Gasteiger partial charge in [0.1, 0.15) is 0 Å². The first kappa shape index (κ1) is 16.2. The molecule has 0 saturated carbocycles. The Hall–Kier alpha value is -0.190. The summed E-state index contributed by atoms with van der Waals surface area (Å²) in [6.45, 7) is 7.48. The van der Waals surface area contributed by atoms with Gasteiger partial charge in [-0.2, -0.15) is 11.8 Å². The summed E-state index contributed by atoms with van der Waals surface area (Å²) in [6.07, 6.45) is 1.30. The maximum absolute atomic E-state index is 3.72. The number of hydrogen-bond acceptors (Lipinski definition) is 3. The van der Waals surface area contributed by atoms with Crippen molar-refractivity contribution >= 4 is 33.4 Å². The Morgan fingerprint density at radius 3 is 2.70 bits per heavy atom. The summed E-state index contributed by atoms with van der Waals surface area (Å²) in [5.41, 5.74) is 2.78. The first-order valence-corrected chi connectivity index (χ1v) is 9.15. The summed E-state index contributed by atoms with van der Waals surface area (Å²) in [6, 6.07) is 7.41. The average molecular weight is 357 g/mol. The fraction of sp³-hybridized carbons (Fsp3) is 0.625. The SMILES string of the molecule is CN(c1ccc(CNC(C)(C)C)c(Br)c1)C1CCSC1. The van der Waals surface area contributed by atoms with Gasteiger partial charge in [-0.3, -0.25) is 0 Å². The van der Waals surface area contributed by atoms with Crippen molar-refractivity contribution in [1.82, 2.24) is 5.32 Å². The summed E-state index contributed by atoms with van der Waals surface area (Å²) in [5.74, 6) is 2.55. The zero-order valence-electron chi connectivity index (χ0n) is 12.9. The number of nitrogens with zero attached hydrogens (tertiary/aromatic N) is 1. The largest absolute Gasteiger partial charge is 0.371 e. The number of halogens is 1. The third kappa shape index (κ3) is 4.40. The molecule has 1 aliphatic rings. The van der Waals surface area contributed by atoms with Crippen LogP contribution in [0.25, 0.3) is 0 Å². The molecule has 0 aromatic heterocycles. The van der Waals surface area contributed by atoms with E-state index in [0.29, 0.717) is 6.04 Å². The van der Waals surface area contributed by atoms with Crippen molar-refractivity contribution in [3.05, 3.63) is 28.2 Å². The number of rotatable bonds is 4. The van der Waals surface area contributed by atoms with Crippen molar-refractivity contribution in [2.24, 2.45) is 0 Å². The fourth-order valence-corrected chi connectivity index (χ4v) is 4.07. The molecule has 4 heteroatoms. The number of thioether (sulfide) groups is 1. The van der Waals surface area contributed by atoms with Crippen LogP contribution in [0.3, 0.4) is 0 Å². The molecule has 1 aliphatic heterocycles. The van der Waals surface area contributed by atoms with E-state index in [4.69, 9.17) is 0 Å². The van der Waals surface area contributed by atoms with Crippen molar-refractivity contribution in [3.63, 3.8) is 0 Å². The molecule has 0 spiro atoms. The molecule has 1 fully saturated rings. The summed E-state index contributed by atoms with van der Waals surface area (Å²) >= 11 is 5.78. The highest BCUT2D eigenvalue weighted by Crippen LogP contribution is 2.29. The van der Waals surface area contributed by atoms with Crippen LogP contribution in [0.1, 0.15) is 32.8 Å². The molecule has 0 aliphatic carbocycles. The highest BCUT2D eigenvalue weighted by molar-refractivity contribution is 9.10. The molecular formula is C16H25BrN2S.